The number of nitrogens with one attached hydrogen (secondary N) is 1. The Hall–Kier alpha value is -2.79. The van der Waals surface area contributed by atoms with E-state index in [1.165, 1.54) is 23.5 Å². The van der Waals surface area contributed by atoms with E-state index < -0.39 is 0 Å². The highest BCUT2D eigenvalue weighted by Crippen LogP contribution is 2.32. The number of methoxy groups -OCH3 is 1. The summed E-state index contributed by atoms with van der Waals surface area (Å²) in [5, 5.41) is 0. The van der Waals surface area contributed by atoms with Crippen molar-refractivity contribution in [3.63, 3.8) is 0 Å². The summed E-state index contributed by atoms with van der Waals surface area (Å²) < 4.78 is 19.7. The van der Waals surface area contributed by atoms with Crippen LogP contribution in [0.5, 0.6) is 5.75 Å². The standard InChI is InChI=1S/C22H25FN3O/c1-26(22-11-9-19(24-22)17-6-4-3-5-7-17)14-12-25(13-15-26)20-10-8-18(23)16-21(20)27-2/h3-11,16,24H,12-15H2,1-2H3/q+1. The largest absolute Gasteiger partial charge is 0.494 e. The molecule has 1 N–H and O–H groups in total. The lowest BCUT2D eigenvalue weighted by Gasteiger charge is -2.41. The van der Waals surface area contributed by atoms with Crippen LogP contribution in [-0.2, 0) is 0 Å². The molecule has 1 fully saturated rings. The predicted molar refractivity (Wildman–Crippen MR) is 109 cm³/mol. The van der Waals surface area contributed by atoms with Crippen LogP contribution in [0.2, 0.25) is 0 Å². The minimum atomic E-state index is -0.270. The Morgan fingerprint density at radius 2 is 1.74 bits per heavy atom. The van der Waals surface area contributed by atoms with Gasteiger partial charge in [-0.1, -0.05) is 30.3 Å². The second kappa shape index (κ2) is 7.08. The average molecular weight is 366 g/mol. The highest BCUT2D eigenvalue weighted by atomic mass is 19.1. The molecule has 2 heterocycles. The highest BCUT2D eigenvalue weighted by molar-refractivity contribution is 5.63. The Bertz CT molecular complexity index is 914. The second-order valence-electron chi connectivity index (χ2n) is 7.27. The number of hydrogen-bond acceptors (Lipinski definition) is 2. The predicted octanol–water partition coefficient (Wildman–Crippen LogP) is 4.29. The van der Waals surface area contributed by atoms with Crippen LogP contribution < -0.4 is 14.1 Å². The van der Waals surface area contributed by atoms with Crippen molar-refractivity contribution >= 4 is 11.5 Å². The van der Waals surface area contributed by atoms with E-state index in [2.05, 4.69) is 53.3 Å². The van der Waals surface area contributed by atoms with Crippen LogP contribution in [0, 0.1) is 5.82 Å². The zero-order valence-electron chi connectivity index (χ0n) is 15.8. The molecule has 4 rings (SSSR count). The van der Waals surface area contributed by atoms with Crippen LogP contribution in [0.4, 0.5) is 15.9 Å². The molecule has 0 atom stereocenters. The molecular formula is C22H25FN3O+. The van der Waals surface area contributed by atoms with Gasteiger partial charge in [-0.15, -0.1) is 0 Å². The van der Waals surface area contributed by atoms with Gasteiger partial charge in [0.2, 0.25) is 5.82 Å². The first kappa shape index (κ1) is 17.6. The van der Waals surface area contributed by atoms with E-state index in [-0.39, 0.29) is 5.82 Å². The van der Waals surface area contributed by atoms with Crippen LogP contribution in [0.1, 0.15) is 0 Å². The van der Waals surface area contributed by atoms with Gasteiger partial charge in [0.25, 0.3) is 0 Å². The van der Waals surface area contributed by atoms with Gasteiger partial charge >= 0.3 is 0 Å². The lowest BCUT2D eigenvalue weighted by Crippen LogP contribution is -2.58. The number of halogens is 1. The Labute approximate surface area is 159 Å². The van der Waals surface area contributed by atoms with Crippen molar-refractivity contribution in [1.82, 2.24) is 9.47 Å². The fourth-order valence-electron chi connectivity index (χ4n) is 3.79. The lowest BCUT2D eigenvalue weighted by molar-refractivity contribution is 0.301. The van der Waals surface area contributed by atoms with E-state index in [1.807, 2.05) is 12.1 Å². The molecule has 0 spiro atoms. The third-order valence-corrected chi connectivity index (χ3v) is 5.55. The Morgan fingerprint density at radius 3 is 2.44 bits per heavy atom. The van der Waals surface area contributed by atoms with Crippen LogP contribution in [-0.4, -0.2) is 45.3 Å². The third kappa shape index (κ3) is 3.43. The van der Waals surface area contributed by atoms with Gasteiger partial charge in [-0.05, 0) is 23.8 Å². The summed E-state index contributed by atoms with van der Waals surface area (Å²) in [6.45, 7) is 3.71. The molecule has 2 aromatic carbocycles. The van der Waals surface area contributed by atoms with Gasteiger partial charge in [0.1, 0.15) is 24.7 Å². The molecule has 0 saturated carbocycles. The number of aromatic nitrogens is 1. The van der Waals surface area contributed by atoms with E-state index in [9.17, 15) is 4.39 Å². The molecule has 1 aliphatic heterocycles. The van der Waals surface area contributed by atoms with E-state index in [0.717, 1.165) is 42.0 Å². The molecule has 0 aliphatic carbocycles. The number of anilines is 1. The zero-order valence-corrected chi connectivity index (χ0v) is 15.8. The minimum Gasteiger partial charge on any atom is -0.494 e. The molecule has 0 amide bonds. The summed E-state index contributed by atoms with van der Waals surface area (Å²) >= 11 is 0. The zero-order chi connectivity index (χ0) is 18.9. The Kier molecular flexibility index (Phi) is 4.62. The Morgan fingerprint density at radius 1 is 1.00 bits per heavy atom. The normalized spacial score (nSPS) is 16.3. The van der Waals surface area contributed by atoms with Gasteiger partial charge in [-0.2, -0.15) is 0 Å². The number of ether oxygens (including phenoxy) is 1. The van der Waals surface area contributed by atoms with Crippen molar-refractivity contribution in [3.05, 3.63) is 66.5 Å². The number of likely N-dealkylation sites (N-methyl/N-ethyl adjacent to an activating group) is 1. The lowest BCUT2D eigenvalue weighted by atomic mass is 10.2. The molecule has 4 nitrogen and oxygen atoms in total. The summed E-state index contributed by atoms with van der Waals surface area (Å²) in [4.78, 5) is 5.88. The van der Waals surface area contributed by atoms with E-state index in [4.69, 9.17) is 4.74 Å². The smallest absolute Gasteiger partial charge is 0.205 e. The van der Waals surface area contributed by atoms with Crippen LogP contribution in [0.25, 0.3) is 11.3 Å². The number of quaternary nitrogens is 1. The van der Waals surface area contributed by atoms with Crippen LogP contribution in [0.15, 0.2) is 60.7 Å². The first-order chi connectivity index (χ1) is 13.1. The summed E-state index contributed by atoms with van der Waals surface area (Å²) in [7, 11) is 3.85. The van der Waals surface area contributed by atoms with Crippen molar-refractivity contribution in [2.75, 3.05) is 45.2 Å². The third-order valence-electron chi connectivity index (χ3n) is 5.55. The van der Waals surface area contributed by atoms with Crippen molar-refractivity contribution in [2.45, 2.75) is 0 Å². The molecule has 3 aromatic rings. The summed E-state index contributed by atoms with van der Waals surface area (Å²) in [5.41, 5.74) is 3.30. The maximum absolute atomic E-state index is 13.5. The van der Waals surface area contributed by atoms with Crippen molar-refractivity contribution in [2.24, 2.45) is 0 Å². The molecule has 0 unspecified atom stereocenters. The molecule has 140 valence electrons. The van der Waals surface area contributed by atoms with Crippen molar-refractivity contribution in [1.29, 1.82) is 0 Å². The van der Waals surface area contributed by atoms with Gasteiger partial charge in [-0.25, -0.2) is 4.39 Å². The van der Waals surface area contributed by atoms with Gasteiger partial charge in [0.05, 0.1) is 38.6 Å². The number of nitrogens with zero attached hydrogens (tertiary/aromatic N) is 2. The number of H-pyrrole nitrogens is 1. The van der Waals surface area contributed by atoms with E-state index in [0.29, 0.717) is 5.75 Å². The van der Waals surface area contributed by atoms with Gasteiger partial charge in [0.15, 0.2) is 0 Å². The van der Waals surface area contributed by atoms with Crippen LogP contribution in [0.3, 0.4) is 0 Å². The first-order valence-electron chi connectivity index (χ1n) is 9.27. The fourth-order valence-corrected chi connectivity index (χ4v) is 3.79. The fraction of sp³-hybridized carbons (Fsp3) is 0.273. The van der Waals surface area contributed by atoms with E-state index >= 15 is 0 Å². The maximum atomic E-state index is 13.5. The van der Waals surface area contributed by atoms with Gasteiger partial charge < -0.3 is 14.6 Å². The quantitative estimate of drug-likeness (QED) is 0.698. The monoisotopic (exact) mass is 366 g/mol. The molecule has 0 bridgehead atoms. The molecular weight excluding hydrogens is 341 g/mol. The average Bonchev–Trinajstić information content (AvgIpc) is 3.21. The highest BCUT2D eigenvalue weighted by Gasteiger charge is 2.33. The minimum absolute atomic E-state index is 0.270. The number of benzene rings is 2. The maximum Gasteiger partial charge on any atom is 0.205 e. The number of hydrogen-bond donors (Lipinski definition) is 1. The number of piperazine rings is 1. The van der Waals surface area contributed by atoms with Crippen LogP contribution >= 0.6 is 0 Å². The van der Waals surface area contributed by atoms with Gasteiger partial charge in [-0.3, -0.25) is 4.48 Å². The molecule has 1 aliphatic rings. The summed E-state index contributed by atoms with van der Waals surface area (Å²) in [6.07, 6.45) is 0. The van der Waals surface area contributed by atoms with Gasteiger partial charge in [0, 0.05) is 12.1 Å². The van der Waals surface area contributed by atoms with Crippen molar-refractivity contribution in [3.8, 4) is 17.0 Å². The molecule has 5 heteroatoms. The second-order valence-corrected chi connectivity index (χ2v) is 7.27. The summed E-state index contributed by atoms with van der Waals surface area (Å²) in [6, 6.07) is 19.5. The SMILES string of the molecule is COc1cc(F)ccc1N1CC[N+](C)(c2ccc(-c3ccccc3)[nH]2)CC1. The molecule has 0 radical (unpaired) electrons. The number of rotatable bonds is 4. The topological polar surface area (TPSA) is 28.3 Å². The first-order valence-corrected chi connectivity index (χ1v) is 9.27. The van der Waals surface area contributed by atoms with E-state index in [1.54, 1.807) is 7.11 Å². The molecule has 1 saturated heterocycles. The molecule has 1 aromatic heterocycles. The van der Waals surface area contributed by atoms with Crippen molar-refractivity contribution < 1.29 is 9.13 Å². The number of aromatic amines is 1. The summed E-state index contributed by atoms with van der Waals surface area (Å²) in [5.74, 6) is 1.55. The molecule has 27 heavy (non-hydrogen) atoms. The Balaban J connectivity index is 1.51.